The normalized spacial score (nSPS) is 14.8. The molecule has 1 fully saturated rings. The summed E-state index contributed by atoms with van der Waals surface area (Å²) in [5, 5.41) is 2.76. The van der Waals surface area contributed by atoms with E-state index in [0.717, 1.165) is 6.42 Å². The maximum absolute atomic E-state index is 13.2. The van der Waals surface area contributed by atoms with Gasteiger partial charge in [0.2, 0.25) is 10.0 Å². The summed E-state index contributed by atoms with van der Waals surface area (Å²) < 4.78 is 44.1. The van der Waals surface area contributed by atoms with Crippen molar-refractivity contribution in [3.63, 3.8) is 0 Å². The molecule has 0 radical (unpaired) electrons. The van der Waals surface area contributed by atoms with Crippen LogP contribution in [0.15, 0.2) is 47.4 Å². The largest absolute Gasteiger partial charge is 0.494 e. The third-order valence-electron chi connectivity index (χ3n) is 4.68. The molecule has 31 heavy (non-hydrogen) atoms. The van der Waals surface area contributed by atoms with Crippen LogP contribution in [-0.4, -0.2) is 58.1 Å². The van der Waals surface area contributed by atoms with E-state index in [0.29, 0.717) is 43.4 Å². The molecule has 0 aliphatic carbocycles. The summed E-state index contributed by atoms with van der Waals surface area (Å²) in [6, 6.07) is 11.4. The van der Waals surface area contributed by atoms with Crippen molar-refractivity contribution < 1.29 is 27.4 Å². The van der Waals surface area contributed by atoms with Crippen LogP contribution in [0.25, 0.3) is 0 Å². The lowest BCUT2D eigenvalue weighted by Gasteiger charge is -2.27. The molecule has 0 atom stereocenters. The molecule has 0 bridgehead atoms. The molecule has 168 valence electrons. The van der Waals surface area contributed by atoms with Crippen LogP contribution in [0.3, 0.4) is 0 Å². The first kappa shape index (κ1) is 23.1. The Balaban J connectivity index is 1.81. The number of hydrogen-bond donors (Lipinski definition) is 1. The van der Waals surface area contributed by atoms with Crippen LogP contribution in [0.5, 0.6) is 11.5 Å². The Bertz CT molecular complexity index is 986. The topological polar surface area (TPSA) is 94.2 Å². The summed E-state index contributed by atoms with van der Waals surface area (Å²) in [4.78, 5) is 12.7. The fourth-order valence-electron chi connectivity index (χ4n) is 3.11. The highest BCUT2D eigenvalue weighted by atomic mass is 32.2. The number of nitrogens with one attached hydrogen (secondary N) is 1. The van der Waals surface area contributed by atoms with Crippen LogP contribution in [0, 0.1) is 0 Å². The van der Waals surface area contributed by atoms with Gasteiger partial charge in [0.1, 0.15) is 16.4 Å². The van der Waals surface area contributed by atoms with Gasteiger partial charge in [-0.3, -0.25) is 4.79 Å². The summed E-state index contributed by atoms with van der Waals surface area (Å²) in [7, 11) is -3.79. The molecule has 8 nitrogen and oxygen atoms in total. The van der Waals surface area contributed by atoms with E-state index in [1.54, 1.807) is 43.3 Å². The van der Waals surface area contributed by atoms with Crippen molar-refractivity contribution in [1.82, 2.24) is 4.31 Å². The minimum Gasteiger partial charge on any atom is -0.494 e. The maximum Gasteiger partial charge on any atom is 0.255 e. The highest BCUT2D eigenvalue weighted by molar-refractivity contribution is 7.89. The number of anilines is 1. The Hall–Kier alpha value is -2.62. The number of rotatable bonds is 9. The first-order valence-corrected chi connectivity index (χ1v) is 11.8. The van der Waals surface area contributed by atoms with Gasteiger partial charge in [0, 0.05) is 24.3 Å². The van der Waals surface area contributed by atoms with Crippen LogP contribution in [0.2, 0.25) is 0 Å². The van der Waals surface area contributed by atoms with E-state index >= 15 is 0 Å². The van der Waals surface area contributed by atoms with Gasteiger partial charge in [-0.25, -0.2) is 8.42 Å². The summed E-state index contributed by atoms with van der Waals surface area (Å²) >= 11 is 0. The Morgan fingerprint density at radius 2 is 1.77 bits per heavy atom. The van der Waals surface area contributed by atoms with Crippen molar-refractivity contribution in [1.29, 1.82) is 0 Å². The predicted molar refractivity (Wildman–Crippen MR) is 117 cm³/mol. The molecule has 0 unspecified atom stereocenters. The van der Waals surface area contributed by atoms with E-state index in [9.17, 15) is 13.2 Å². The van der Waals surface area contributed by atoms with Crippen LogP contribution >= 0.6 is 0 Å². The van der Waals surface area contributed by atoms with E-state index in [4.69, 9.17) is 14.2 Å². The van der Waals surface area contributed by atoms with Gasteiger partial charge < -0.3 is 19.5 Å². The summed E-state index contributed by atoms with van der Waals surface area (Å²) in [5.41, 5.74) is 0.807. The zero-order valence-electron chi connectivity index (χ0n) is 17.8. The standard InChI is InChI=1S/C22H28N2O6S/c1-3-13-30-19-8-5-17(6-9-19)22(25)23-18-7-10-20(29-4-2)21(16-18)31(26,27)24-11-14-28-15-12-24/h5-10,16H,3-4,11-15H2,1-2H3,(H,23,25). The van der Waals surface area contributed by atoms with Crippen molar-refractivity contribution in [3.05, 3.63) is 48.0 Å². The molecule has 1 N–H and O–H groups in total. The number of ether oxygens (including phenoxy) is 3. The Kier molecular flexibility index (Phi) is 7.89. The SMILES string of the molecule is CCCOc1ccc(C(=O)Nc2ccc(OCC)c(S(=O)(=O)N3CCOCC3)c2)cc1. The molecule has 0 aromatic heterocycles. The smallest absolute Gasteiger partial charge is 0.255 e. The van der Waals surface area contributed by atoms with Gasteiger partial charge in [-0.1, -0.05) is 6.92 Å². The van der Waals surface area contributed by atoms with Crippen molar-refractivity contribution in [2.24, 2.45) is 0 Å². The second-order valence-electron chi connectivity index (χ2n) is 6.94. The average Bonchev–Trinajstić information content (AvgIpc) is 2.79. The molecule has 0 spiro atoms. The van der Waals surface area contributed by atoms with Crippen LogP contribution < -0.4 is 14.8 Å². The van der Waals surface area contributed by atoms with Crippen LogP contribution in [0.1, 0.15) is 30.6 Å². The highest BCUT2D eigenvalue weighted by Crippen LogP contribution is 2.30. The first-order valence-electron chi connectivity index (χ1n) is 10.3. The molecule has 1 aliphatic rings. The molecular weight excluding hydrogens is 420 g/mol. The van der Waals surface area contributed by atoms with E-state index < -0.39 is 10.0 Å². The lowest BCUT2D eigenvalue weighted by Crippen LogP contribution is -2.40. The highest BCUT2D eigenvalue weighted by Gasteiger charge is 2.29. The van der Waals surface area contributed by atoms with Gasteiger partial charge in [0.25, 0.3) is 5.91 Å². The number of carbonyl (C=O) groups is 1. The number of hydrogen-bond acceptors (Lipinski definition) is 6. The average molecular weight is 449 g/mol. The molecule has 1 heterocycles. The van der Waals surface area contributed by atoms with Crippen molar-refractivity contribution in [3.8, 4) is 11.5 Å². The number of benzene rings is 2. The van der Waals surface area contributed by atoms with Crippen LogP contribution in [0.4, 0.5) is 5.69 Å². The molecule has 9 heteroatoms. The molecular formula is C22H28N2O6S. The van der Waals surface area contributed by atoms with Crippen LogP contribution in [-0.2, 0) is 14.8 Å². The van der Waals surface area contributed by atoms with Crippen molar-refractivity contribution in [2.45, 2.75) is 25.2 Å². The summed E-state index contributed by atoms with van der Waals surface area (Å²) in [5.74, 6) is 0.601. The van der Waals surface area contributed by atoms with Gasteiger partial charge in [-0.2, -0.15) is 4.31 Å². The number of morpholine rings is 1. The minimum atomic E-state index is -3.79. The monoisotopic (exact) mass is 448 g/mol. The lowest BCUT2D eigenvalue weighted by molar-refractivity contribution is 0.0729. The van der Waals surface area contributed by atoms with E-state index in [2.05, 4.69) is 5.32 Å². The molecule has 0 saturated carbocycles. The number of nitrogens with zero attached hydrogens (tertiary/aromatic N) is 1. The zero-order chi connectivity index (χ0) is 22.3. The minimum absolute atomic E-state index is 0.0253. The molecule has 1 amide bonds. The molecule has 2 aromatic rings. The van der Waals surface area contributed by atoms with Gasteiger partial charge in [0.15, 0.2) is 0 Å². The fourth-order valence-corrected chi connectivity index (χ4v) is 4.68. The van der Waals surface area contributed by atoms with Crippen molar-refractivity contribution in [2.75, 3.05) is 44.8 Å². The van der Waals surface area contributed by atoms with Gasteiger partial charge >= 0.3 is 0 Å². The summed E-state index contributed by atoms with van der Waals surface area (Å²) in [6.07, 6.45) is 0.898. The number of sulfonamides is 1. The van der Waals surface area contributed by atoms with E-state index in [-0.39, 0.29) is 29.6 Å². The third kappa shape index (κ3) is 5.75. The number of carbonyl (C=O) groups excluding carboxylic acids is 1. The molecule has 3 rings (SSSR count). The Labute approximate surface area is 183 Å². The first-order chi connectivity index (χ1) is 15.0. The van der Waals surface area contributed by atoms with Crippen molar-refractivity contribution >= 4 is 21.6 Å². The van der Waals surface area contributed by atoms with E-state index in [1.165, 1.54) is 10.4 Å². The third-order valence-corrected chi connectivity index (χ3v) is 6.60. The molecule has 2 aromatic carbocycles. The molecule has 1 aliphatic heterocycles. The van der Waals surface area contributed by atoms with E-state index in [1.807, 2.05) is 6.92 Å². The zero-order valence-corrected chi connectivity index (χ0v) is 18.6. The second kappa shape index (κ2) is 10.6. The predicted octanol–water partition coefficient (Wildman–Crippen LogP) is 3.15. The maximum atomic E-state index is 13.2. The number of amides is 1. The Morgan fingerprint density at radius 1 is 1.06 bits per heavy atom. The van der Waals surface area contributed by atoms with Gasteiger partial charge in [0.05, 0.1) is 26.4 Å². The summed E-state index contributed by atoms with van der Waals surface area (Å²) in [6.45, 7) is 5.98. The van der Waals surface area contributed by atoms with Gasteiger partial charge in [-0.15, -0.1) is 0 Å². The Morgan fingerprint density at radius 3 is 2.42 bits per heavy atom. The van der Waals surface area contributed by atoms with Gasteiger partial charge in [-0.05, 0) is 55.8 Å². The lowest BCUT2D eigenvalue weighted by atomic mass is 10.2. The fraction of sp³-hybridized carbons (Fsp3) is 0.409. The molecule has 1 saturated heterocycles. The quantitative estimate of drug-likeness (QED) is 0.633. The second-order valence-corrected chi connectivity index (χ2v) is 8.84.